The zero-order chi connectivity index (χ0) is 14.7. The minimum absolute atomic E-state index is 0.148. The van der Waals surface area contributed by atoms with E-state index in [4.69, 9.17) is 5.11 Å². The highest BCUT2D eigenvalue weighted by molar-refractivity contribution is 5.89. The summed E-state index contributed by atoms with van der Waals surface area (Å²) in [5, 5.41) is 13.5. The molecule has 2 rings (SSSR count). The number of carbonyl (C=O) groups excluding carboxylic acids is 1. The van der Waals surface area contributed by atoms with Crippen molar-refractivity contribution in [3.05, 3.63) is 29.8 Å². The van der Waals surface area contributed by atoms with Gasteiger partial charge in [-0.05, 0) is 30.9 Å². The molecular formula is C13H14F2N2O3. The van der Waals surface area contributed by atoms with Crippen LogP contribution >= 0.6 is 0 Å². The highest BCUT2D eigenvalue weighted by atomic mass is 19.1. The Hall–Kier alpha value is -2.18. The number of carbonyl (C=O) groups is 2. The van der Waals surface area contributed by atoms with Gasteiger partial charge in [0.2, 0.25) is 0 Å². The van der Waals surface area contributed by atoms with Gasteiger partial charge in [-0.2, -0.15) is 0 Å². The zero-order valence-electron chi connectivity index (χ0n) is 10.5. The van der Waals surface area contributed by atoms with Crippen LogP contribution < -0.4 is 10.6 Å². The molecule has 7 heteroatoms. The van der Waals surface area contributed by atoms with Gasteiger partial charge in [0.25, 0.3) is 0 Å². The van der Waals surface area contributed by atoms with E-state index in [9.17, 15) is 18.4 Å². The number of carboxylic acid groups (broad SMARTS) is 1. The van der Waals surface area contributed by atoms with E-state index in [2.05, 4.69) is 10.6 Å². The lowest BCUT2D eigenvalue weighted by Gasteiger charge is -2.17. The van der Waals surface area contributed by atoms with Gasteiger partial charge in [-0.15, -0.1) is 0 Å². The predicted octanol–water partition coefficient (Wildman–Crippen LogP) is 2.34. The molecule has 0 bridgehead atoms. The molecule has 1 saturated carbocycles. The molecule has 108 valence electrons. The summed E-state index contributed by atoms with van der Waals surface area (Å²) in [5.74, 6) is -2.48. The molecule has 1 unspecified atom stereocenters. The summed E-state index contributed by atoms with van der Waals surface area (Å²) < 4.78 is 26.1. The Morgan fingerprint density at radius 2 is 2.05 bits per heavy atom. The van der Waals surface area contributed by atoms with Gasteiger partial charge in [-0.1, -0.05) is 0 Å². The fraction of sp³-hybridized carbons (Fsp3) is 0.385. The molecule has 5 nitrogen and oxygen atoms in total. The lowest BCUT2D eigenvalue weighted by atomic mass is 10.1. The molecule has 0 heterocycles. The SMILES string of the molecule is O=C(O)CC(NC(=O)Nc1ccc(F)cc1F)C1CC1. The molecule has 3 N–H and O–H groups in total. The van der Waals surface area contributed by atoms with Gasteiger partial charge in [0.1, 0.15) is 11.6 Å². The van der Waals surface area contributed by atoms with E-state index in [1.54, 1.807) is 0 Å². The summed E-state index contributed by atoms with van der Waals surface area (Å²) in [4.78, 5) is 22.4. The van der Waals surface area contributed by atoms with Crippen molar-refractivity contribution >= 4 is 17.7 Å². The molecule has 1 atom stereocenters. The van der Waals surface area contributed by atoms with Crippen LogP contribution in [0.15, 0.2) is 18.2 Å². The largest absolute Gasteiger partial charge is 0.481 e. The molecule has 0 aromatic heterocycles. The van der Waals surface area contributed by atoms with Crippen molar-refractivity contribution in [2.45, 2.75) is 25.3 Å². The zero-order valence-corrected chi connectivity index (χ0v) is 10.5. The third-order valence-corrected chi connectivity index (χ3v) is 3.08. The third kappa shape index (κ3) is 3.91. The van der Waals surface area contributed by atoms with E-state index in [1.807, 2.05) is 0 Å². The average Bonchev–Trinajstić information content (AvgIpc) is 3.15. The Bertz CT molecular complexity index is 532. The molecule has 1 aliphatic carbocycles. The van der Waals surface area contributed by atoms with Crippen molar-refractivity contribution in [1.29, 1.82) is 0 Å². The standard InChI is InChI=1S/C13H14F2N2O3/c14-8-3-4-10(9(15)5-8)16-13(20)17-11(6-12(18)19)7-1-2-7/h3-5,7,11H,1-2,6H2,(H,18,19)(H2,16,17,20). The van der Waals surface area contributed by atoms with Crippen molar-refractivity contribution in [3.63, 3.8) is 0 Å². The number of halogens is 2. The number of urea groups is 1. The molecule has 0 spiro atoms. The third-order valence-electron chi connectivity index (χ3n) is 3.08. The van der Waals surface area contributed by atoms with Crippen LogP contribution in [0.2, 0.25) is 0 Å². The summed E-state index contributed by atoms with van der Waals surface area (Å²) in [6, 6.07) is 1.61. The maximum Gasteiger partial charge on any atom is 0.319 e. The van der Waals surface area contributed by atoms with Gasteiger partial charge < -0.3 is 15.7 Å². The quantitative estimate of drug-likeness (QED) is 0.776. The van der Waals surface area contributed by atoms with Crippen LogP contribution in [0.3, 0.4) is 0 Å². The maximum absolute atomic E-state index is 13.4. The molecule has 20 heavy (non-hydrogen) atoms. The Morgan fingerprint density at radius 3 is 2.60 bits per heavy atom. The first-order chi connectivity index (χ1) is 9.45. The maximum atomic E-state index is 13.4. The van der Waals surface area contributed by atoms with Crippen LogP contribution in [-0.2, 0) is 4.79 Å². The van der Waals surface area contributed by atoms with Crippen molar-refractivity contribution < 1.29 is 23.5 Å². The first-order valence-corrected chi connectivity index (χ1v) is 6.20. The van der Waals surface area contributed by atoms with Gasteiger partial charge in [0.15, 0.2) is 0 Å². The smallest absolute Gasteiger partial charge is 0.319 e. The Kier molecular flexibility index (Phi) is 4.16. The molecule has 1 aromatic rings. The number of nitrogens with one attached hydrogen (secondary N) is 2. The summed E-state index contributed by atoms with van der Waals surface area (Å²) in [7, 11) is 0. The van der Waals surface area contributed by atoms with Gasteiger partial charge >= 0.3 is 12.0 Å². The molecule has 2 amide bonds. The van der Waals surface area contributed by atoms with Gasteiger partial charge in [0, 0.05) is 12.1 Å². The Balaban J connectivity index is 1.95. The minimum Gasteiger partial charge on any atom is -0.481 e. The van der Waals surface area contributed by atoms with E-state index in [-0.39, 0.29) is 18.0 Å². The van der Waals surface area contributed by atoms with E-state index < -0.39 is 29.7 Å². The van der Waals surface area contributed by atoms with Gasteiger partial charge in [0.05, 0.1) is 12.1 Å². The molecule has 1 aromatic carbocycles. The number of hydrogen-bond acceptors (Lipinski definition) is 2. The van der Waals surface area contributed by atoms with Crippen LogP contribution in [0.25, 0.3) is 0 Å². The predicted molar refractivity (Wildman–Crippen MR) is 67.3 cm³/mol. The second kappa shape index (κ2) is 5.85. The number of amides is 2. The number of anilines is 1. The average molecular weight is 284 g/mol. The van der Waals surface area contributed by atoms with Gasteiger partial charge in [-0.3, -0.25) is 4.79 Å². The first kappa shape index (κ1) is 14.2. The summed E-state index contributed by atoms with van der Waals surface area (Å²) >= 11 is 0. The number of aliphatic carboxylic acids is 1. The Morgan fingerprint density at radius 1 is 1.35 bits per heavy atom. The normalized spacial score (nSPS) is 15.5. The van der Waals surface area contributed by atoms with Crippen molar-refractivity contribution in [3.8, 4) is 0 Å². The second-order valence-corrected chi connectivity index (χ2v) is 4.76. The van der Waals surface area contributed by atoms with E-state index in [1.165, 1.54) is 0 Å². The molecule has 0 radical (unpaired) electrons. The molecule has 1 fully saturated rings. The summed E-state index contributed by atoms with van der Waals surface area (Å²) in [5.41, 5.74) is -0.159. The van der Waals surface area contributed by atoms with E-state index >= 15 is 0 Å². The lowest BCUT2D eigenvalue weighted by molar-refractivity contribution is -0.137. The number of carboxylic acids is 1. The highest BCUT2D eigenvalue weighted by Gasteiger charge is 2.33. The number of rotatable bonds is 5. The minimum atomic E-state index is -1.00. The fourth-order valence-electron chi connectivity index (χ4n) is 1.94. The molecule has 0 aliphatic heterocycles. The van der Waals surface area contributed by atoms with Gasteiger partial charge in [-0.25, -0.2) is 13.6 Å². The van der Waals surface area contributed by atoms with Crippen LogP contribution in [0.4, 0.5) is 19.3 Å². The summed E-state index contributed by atoms with van der Waals surface area (Å²) in [6.07, 6.45) is 1.55. The molecule has 1 aliphatic rings. The molecule has 0 saturated heterocycles. The van der Waals surface area contributed by atoms with E-state index in [0.29, 0.717) is 6.07 Å². The van der Waals surface area contributed by atoms with Crippen LogP contribution in [0.1, 0.15) is 19.3 Å². The highest BCUT2D eigenvalue weighted by Crippen LogP contribution is 2.34. The number of benzene rings is 1. The first-order valence-electron chi connectivity index (χ1n) is 6.20. The van der Waals surface area contributed by atoms with Crippen molar-refractivity contribution in [1.82, 2.24) is 5.32 Å². The monoisotopic (exact) mass is 284 g/mol. The fourth-order valence-corrected chi connectivity index (χ4v) is 1.94. The topological polar surface area (TPSA) is 78.4 Å². The van der Waals surface area contributed by atoms with Crippen LogP contribution in [0.5, 0.6) is 0 Å². The van der Waals surface area contributed by atoms with Crippen molar-refractivity contribution in [2.24, 2.45) is 5.92 Å². The van der Waals surface area contributed by atoms with E-state index in [0.717, 1.165) is 25.0 Å². The second-order valence-electron chi connectivity index (χ2n) is 4.76. The van der Waals surface area contributed by atoms with Crippen LogP contribution in [0, 0.1) is 17.6 Å². The Labute approximate surface area is 114 Å². The summed E-state index contributed by atoms with van der Waals surface area (Å²) in [6.45, 7) is 0. The van der Waals surface area contributed by atoms with Crippen molar-refractivity contribution in [2.75, 3.05) is 5.32 Å². The van der Waals surface area contributed by atoms with Crippen LogP contribution in [-0.4, -0.2) is 23.1 Å². The molecular weight excluding hydrogens is 270 g/mol. The lowest BCUT2D eigenvalue weighted by Crippen LogP contribution is -2.40. The number of hydrogen-bond donors (Lipinski definition) is 3.